The lowest BCUT2D eigenvalue weighted by Gasteiger charge is -2.32. The van der Waals surface area contributed by atoms with Crippen LogP contribution in [-0.4, -0.2) is 30.4 Å². The molecule has 1 saturated heterocycles. The summed E-state index contributed by atoms with van der Waals surface area (Å²) < 4.78 is 77.8. The molecule has 1 N–H and O–H groups in total. The molecule has 3 rings (SSSR count). The highest BCUT2D eigenvalue weighted by Gasteiger charge is 2.37. The molecule has 1 aliphatic rings. The summed E-state index contributed by atoms with van der Waals surface area (Å²) in [4.78, 5) is 14.6. The van der Waals surface area contributed by atoms with Crippen molar-refractivity contribution in [1.82, 2.24) is 10.2 Å². The molecule has 1 fully saturated rings. The van der Waals surface area contributed by atoms with E-state index in [1.165, 1.54) is 5.56 Å². The predicted octanol–water partition coefficient (Wildman–Crippen LogP) is 5.37. The summed E-state index contributed by atoms with van der Waals surface area (Å²) in [5.41, 5.74) is -2.45. The number of hydrogen-bond acceptors (Lipinski definition) is 2. The first-order chi connectivity index (χ1) is 14.5. The fourth-order valence-corrected chi connectivity index (χ4v) is 3.62. The third-order valence-electron chi connectivity index (χ3n) is 5.36. The Morgan fingerprint density at radius 2 is 1.45 bits per heavy atom. The average Bonchev–Trinajstić information content (AvgIpc) is 2.72. The first-order valence-electron chi connectivity index (χ1n) is 9.86. The van der Waals surface area contributed by atoms with Gasteiger partial charge < -0.3 is 5.32 Å². The standard InChI is InChI=1S/C22H22F6N2O/c23-21(24,25)18-10-17(11-19(12-18)22(26,27)28)20(31)29-13-15-6-8-30(9-7-15)14-16-4-2-1-3-5-16/h1-5,10-12,15H,6-9,13-14H2,(H,29,31). The molecule has 2 aromatic rings. The Hall–Kier alpha value is -2.55. The number of hydrogen-bond donors (Lipinski definition) is 1. The SMILES string of the molecule is O=C(NCC1CCN(Cc2ccccc2)CC1)c1cc(C(F)(F)F)cc(C(F)(F)F)c1. The second kappa shape index (κ2) is 9.30. The molecule has 0 aliphatic carbocycles. The first kappa shape index (κ1) is 23.1. The first-order valence-corrected chi connectivity index (χ1v) is 9.86. The molecule has 2 aromatic carbocycles. The van der Waals surface area contributed by atoms with E-state index in [0.29, 0.717) is 12.1 Å². The number of nitrogens with zero attached hydrogens (tertiary/aromatic N) is 1. The van der Waals surface area contributed by atoms with Gasteiger partial charge in [-0.1, -0.05) is 30.3 Å². The van der Waals surface area contributed by atoms with Crippen LogP contribution in [-0.2, 0) is 18.9 Å². The van der Waals surface area contributed by atoms with Gasteiger partial charge in [-0.2, -0.15) is 26.3 Å². The fourth-order valence-electron chi connectivity index (χ4n) is 3.62. The van der Waals surface area contributed by atoms with Gasteiger partial charge in [0.15, 0.2) is 0 Å². The maximum Gasteiger partial charge on any atom is 0.416 e. The number of benzene rings is 2. The van der Waals surface area contributed by atoms with Crippen LogP contribution in [0.25, 0.3) is 0 Å². The smallest absolute Gasteiger partial charge is 0.352 e. The quantitative estimate of drug-likeness (QED) is 0.630. The predicted molar refractivity (Wildman–Crippen MR) is 103 cm³/mol. The second-order valence-electron chi connectivity index (χ2n) is 7.71. The minimum Gasteiger partial charge on any atom is -0.352 e. The molecule has 1 aliphatic heterocycles. The Morgan fingerprint density at radius 1 is 0.903 bits per heavy atom. The molecule has 0 unspecified atom stereocenters. The van der Waals surface area contributed by atoms with E-state index in [-0.39, 0.29) is 18.5 Å². The molecule has 3 nitrogen and oxygen atoms in total. The third-order valence-corrected chi connectivity index (χ3v) is 5.36. The van der Waals surface area contributed by atoms with E-state index in [1.54, 1.807) is 0 Å². The molecule has 0 radical (unpaired) electrons. The maximum atomic E-state index is 13.0. The van der Waals surface area contributed by atoms with Crippen LogP contribution in [0.5, 0.6) is 0 Å². The summed E-state index contributed by atoms with van der Waals surface area (Å²) in [6.07, 6.45) is -8.41. The van der Waals surface area contributed by atoms with Gasteiger partial charge in [-0.25, -0.2) is 0 Å². The molecule has 1 heterocycles. The summed E-state index contributed by atoms with van der Waals surface area (Å²) in [6.45, 7) is 2.62. The van der Waals surface area contributed by atoms with Crippen molar-refractivity contribution in [2.75, 3.05) is 19.6 Å². The van der Waals surface area contributed by atoms with E-state index in [4.69, 9.17) is 0 Å². The molecule has 0 bridgehead atoms. The van der Waals surface area contributed by atoms with Crippen LogP contribution in [0, 0.1) is 5.92 Å². The van der Waals surface area contributed by atoms with Crippen LogP contribution in [0.4, 0.5) is 26.3 Å². The molecule has 0 atom stereocenters. The molecular formula is C22H22F6N2O. The zero-order valence-electron chi connectivity index (χ0n) is 16.6. The van der Waals surface area contributed by atoms with Crippen LogP contribution in [0.2, 0.25) is 0 Å². The van der Waals surface area contributed by atoms with Gasteiger partial charge in [0.05, 0.1) is 11.1 Å². The van der Waals surface area contributed by atoms with Crippen molar-refractivity contribution in [3.8, 4) is 0 Å². The average molecular weight is 444 g/mol. The van der Waals surface area contributed by atoms with Gasteiger partial charge in [0.25, 0.3) is 5.91 Å². The minimum atomic E-state index is -4.98. The molecule has 0 spiro atoms. The summed E-state index contributed by atoms with van der Waals surface area (Å²) in [5.74, 6) is -0.827. The second-order valence-corrected chi connectivity index (χ2v) is 7.71. The van der Waals surface area contributed by atoms with Crippen LogP contribution >= 0.6 is 0 Å². The van der Waals surface area contributed by atoms with E-state index < -0.39 is 35.0 Å². The summed E-state index contributed by atoms with van der Waals surface area (Å²) in [5, 5.41) is 2.50. The van der Waals surface area contributed by atoms with Crippen LogP contribution in [0.3, 0.4) is 0 Å². The number of alkyl halides is 6. The van der Waals surface area contributed by atoms with Gasteiger partial charge in [0.1, 0.15) is 0 Å². The highest BCUT2D eigenvalue weighted by Crippen LogP contribution is 2.36. The summed E-state index contributed by atoms with van der Waals surface area (Å²) >= 11 is 0. The monoisotopic (exact) mass is 444 g/mol. The number of halogens is 6. The van der Waals surface area contributed by atoms with Crippen molar-refractivity contribution in [3.05, 3.63) is 70.8 Å². The van der Waals surface area contributed by atoms with E-state index >= 15 is 0 Å². The van der Waals surface area contributed by atoms with Crippen molar-refractivity contribution in [1.29, 1.82) is 0 Å². The minimum absolute atomic E-state index is 0.0131. The van der Waals surface area contributed by atoms with Gasteiger partial charge in [-0.05, 0) is 55.6 Å². The lowest BCUT2D eigenvalue weighted by atomic mass is 9.96. The van der Waals surface area contributed by atoms with E-state index in [9.17, 15) is 31.1 Å². The van der Waals surface area contributed by atoms with Crippen molar-refractivity contribution >= 4 is 5.91 Å². The molecule has 0 saturated carbocycles. The molecule has 168 valence electrons. The highest BCUT2D eigenvalue weighted by atomic mass is 19.4. The topological polar surface area (TPSA) is 32.3 Å². The third kappa shape index (κ3) is 6.46. The number of piperidine rings is 1. The van der Waals surface area contributed by atoms with Gasteiger partial charge in [0.2, 0.25) is 0 Å². The zero-order chi connectivity index (χ0) is 22.6. The maximum absolute atomic E-state index is 13.0. The van der Waals surface area contributed by atoms with Crippen LogP contribution in [0.1, 0.15) is 39.9 Å². The van der Waals surface area contributed by atoms with Crippen LogP contribution in [0.15, 0.2) is 48.5 Å². The number of likely N-dealkylation sites (tertiary alicyclic amines) is 1. The van der Waals surface area contributed by atoms with Crippen molar-refractivity contribution in [2.45, 2.75) is 31.7 Å². The Labute approximate surface area is 176 Å². The molecule has 31 heavy (non-hydrogen) atoms. The molecular weight excluding hydrogens is 422 g/mol. The normalized spacial score (nSPS) is 16.3. The largest absolute Gasteiger partial charge is 0.416 e. The van der Waals surface area contributed by atoms with Crippen molar-refractivity contribution in [2.24, 2.45) is 5.92 Å². The number of nitrogens with one attached hydrogen (secondary N) is 1. The highest BCUT2D eigenvalue weighted by molar-refractivity contribution is 5.94. The Morgan fingerprint density at radius 3 is 1.97 bits per heavy atom. The lowest BCUT2D eigenvalue weighted by molar-refractivity contribution is -0.143. The van der Waals surface area contributed by atoms with Crippen molar-refractivity contribution in [3.63, 3.8) is 0 Å². The number of rotatable bonds is 5. The lowest BCUT2D eigenvalue weighted by Crippen LogP contribution is -2.38. The summed E-state index contributed by atoms with van der Waals surface area (Å²) in [6, 6.07) is 10.9. The molecule has 9 heteroatoms. The number of amides is 1. The van der Waals surface area contributed by atoms with Crippen LogP contribution < -0.4 is 5.32 Å². The fraction of sp³-hybridized carbons (Fsp3) is 0.409. The van der Waals surface area contributed by atoms with Gasteiger partial charge in [0, 0.05) is 18.7 Å². The number of carbonyl (C=O) groups excluding carboxylic acids is 1. The van der Waals surface area contributed by atoms with Gasteiger partial charge in [-0.3, -0.25) is 9.69 Å². The van der Waals surface area contributed by atoms with Gasteiger partial charge >= 0.3 is 12.4 Å². The number of carbonyl (C=O) groups is 1. The van der Waals surface area contributed by atoms with E-state index in [0.717, 1.165) is 32.5 Å². The molecule has 0 aromatic heterocycles. The van der Waals surface area contributed by atoms with E-state index in [1.807, 2.05) is 30.3 Å². The Kier molecular flexibility index (Phi) is 6.93. The Balaban J connectivity index is 1.57. The zero-order valence-corrected chi connectivity index (χ0v) is 16.6. The summed E-state index contributed by atoms with van der Waals surface area (Å²) in [7, 11) is 0. The van der Waals surface area contributed by atoms with E-state index in [2.05, 4.69) is 10.2 Å². The molecule has 1 amide bonds. The van der Waals surface area contributed by atoms with Crippen molar-refractivity contribution < 1.29 is 31.1 Å². The van der Waals surface area contributed by atoms with Gasteiger partial charge in [-0.15, -0.1) is 0 Å². The Bertz CT molecular complexity index is 855.